The summed E-state index contributed by atoms with van der Waals surface area (Å²) in [5.41, 5.74) is 1.01. The molecule has 4 rings (SSSR count). The number of carbonyl (C=O) groups excluding carboxylic acids is 1. The maximum Gasteiger partial charge on any atom is 0.304 e. The summed E-state index contributed by atoms with van der Waals surface area (Å²) in [5.74, 6) is -1.09. The molecule has 1 atom stereocenters. The van der Waals surface area contributed by atoms with Crippen LogP contribution in [-0.4, -0.2) is 52.5 Å². The Kier molecular flexibility index (Phi) is 9.36. The van der Waals surface area contributed by atoms with Gasteiger partial charge in [0.25, 0.3) is 0 Å². The molecule has 0 bridgehead atoms. The lowest BCUT2D eigenvalue weighted by Gasteiger charge is -2.32. The van der Waals surface area contributed by atoms with Crippen molar-refractivity contribution in [3.8, 4) is 0 Å². The average molecular weight is 588 g/mol. The predicted molar refractivity (Wildman–Crippen MR) is 160 cm³/mol. The summed E-state index contributed by atoms with van der Waals surface area (Å²) in [6.45, 7) is 6.85. The lowest BCUT2D eigenvalue weighted by molar-refractivity contribution is -0.137. The first-order valence-electron chi connectivity index (χ1n) is 12.9. The highest BCUT2D eigenvalue weighted by molar-refractivity contribution is 7.18. The first kappa shape index (κ1) is 29.1. The van der Waals surface area contributed by atoms with Crippen LogP contribution >= 0.6 is 34.5 Å². The van der Waals surface area contributed by atoms with Crippen molar-refractivity contribution in [3.63, 3.8) is 0 Å². The zero-order valence-corrected chi connectivity index (χ0v) is 24.5. The molecule has 0 aliphatic carbocycles. The summed E-state index contributed by atoms with van der Waals surface area (Å²) >= 11 is 14.4. The second-order valence-electron chi connectivity index (χ2n) is 10.6. The number of piperidine rings is 1. The summed E-state index contributed by atoms with van der Waals surface area (Å²) in [6.07, 6.45) is 4.43. The fourth-order valence-corrected chi connectivity index (χ4v) is 6.00. The molecule has 0 saturated carbocycles. The third-order valence-electron chi connectivity index (χ3n) is 6.43. The van der Waals surface area contributed by atoms with Gasteiger partial charge in [0.15, 0.2) is 5.90 Å². The number of nitrogens with zero attached hydrogens (tertiary/aromatic N) is 2. The number of hydrogen-bond donors (Lipinski definition) is 1. The van der Waals surface area contributed by atoms with Gasteiger partial charge in [0.1, 0.15) is 5.60 Å². The first-order valence-corrected chi connectivity index (χ1v) is 14.5. The standard InChI is InChI=1S/C30H32Cl2N2O4S/c1-30(2,3)38-29(23(18-25(36)37)19-7-5-4-6-8-19)33-22-11-14-34(15-12-22)24(35)10-9-20-17-21-13-16-39-28(21)27(32)26(20)31/h4-10,13,16-17,22-23H,11-12,14-15,18H2,1-3H3,(H,36,37). The monoisotopic (exact) mass is 586 g/mol. The summed E-state index contributed by atoms with van der Waals surface area (Å²) in [6, 6.07) is 13.3. The Morgan fingerprint density at radius 2 is 1.85 bits per heavy atom. The molecule has 1 fully saturated rings. The maximum atomic E-state index is 13.0. The number of aliphatic imine (C=N–C) groups is 1. The van der Waals surface area contributed by atoms with Crippen molar-refractivity contribution in [1.82, 2.24) is 4.90 Å². The minimum absolute atomic E-state index is 0.0790. The maximum absolute atomic E-state index is 13.0. The van der Waals surface area contributed by atoms with Gasteiger partial charge in [0, 0.05) is 19.2 Å². The number of carboxylic acids is 1. The van der Waals surface area contributed by atoms with Gasteiger partial charge in [-0.15, -0.1) is 11.3 Å². The van der Waals surface area contributed by atoms with Gasteiger partial charge in [-0.2, -0.15) is 0 Å². The van der Waals surface area contributed by atoms with Gasteiger partial charge in [-0.05, 0) is 73.7 Å². The van der Waals surface area contributed by atoms with Crippen LogP contribution in [0.5, 0.6) is 0 Å². The van der Waals surface area contributed by atoms with Crippen LogP contribution < -0.4 is 0 Å². The van der Waals surface area contributed by atoms with Crippen LogP contribution in [0.4, 0.5) is 0 Å². The lowest BCUT2D eigenvalue weighted by Crippen LogP contribution is -2.39. The molecular weight excluding hydrogens is 555 g/mol. The smallest absolute Gasteiger partial charge is 0.304 e. The molecule has 3 aromatic rings. The number of ether oxygens (including phenoxy) is 1. The number of benzene rings is 2. The van der Waals surface area contributed by atoms with Crippen molar-refractivity contribution in [1.29, 1.82) is 0 Å². The van der Waals surface area contributed by atoms with Crippen molar-refractivity contribution < 1.29 is 19.4 Å². The number of amides is 1. The number of hydrogen-bond acceptors (Lipinski definition) is 5. The van der Waals surface area contributed by atoms with Crippen LogP contribution in [0.1, 0.15) is 57.1 Å². The molecule has 1 amide bonds. The zero-order chi connectivity index (χ0) is 28.2. The van der Waals surface area contributed by atoms with E-state index in [4.69, 9.17) is 32.9 Å². The van der Waals surface area contributed by atoms with E-state index in [2.05, 4.69) is 0 Å². The molecule has 1 aliphatic rings. The molecule has 2 aromatic carbocycles. The zero-order valence-electron chi connectivity index (χ0n) is 22.2. The van der Waals surface area contributed by atoms with Gasteiger partial charge < -0.3 is 14.7 Å². The van der Waals surface area contributed by atoms with Crippen molar-refractivity contribution in [2.45, 2.75) is 57.6 Å². The van der Waals surface area contributed by atoms with Crippen LogP contribution in [0.2, 0.25) is 10.0 Å². The van der Waals surface area contributed by atoms with Gasteiger partial charge >= 0.3 is 5.97 Å². The minimum Gasteiger partial charge on any atom is -0.481 e. The van der Waals surface area contributed by atoms with Crippen molar-refractivity contribution >= 4 is 68.5 Å². The molecule has 1 unspecified atom stereocenters. The molecular formula is C30H32Cl2N2O4S. The number of carboxylic acid groups (broad SMARTS) is 1. The summed E-state index contributed by atoms with van der Waals surface area (Å²) in [7, 11) is 0. The van der Waals surface area contributed by atoms with Gasteiger partial charge in [0.2, 0.25) is 5.91 Å². The second-order valence-corrected chi connectivity index (χ2v) is 12.2. The highest BCUT2D eigenvalue weighted by Crippen LogP contribution is 2.37. The Balaban J connectivity index is 1.47. The van der Waals surface area contributed by atoms with Crippen molar-refractivity contribution in [2.24, 2.45) is 4.99 Å². The fourth-order valence-electron chi connectivity index (χ4n) is 4.56. The normalized spacial score (nSPS) is 16.1. The van der Waals surface area contributed by atoms with Gasteiger partial charge in [-0.25, -0.2) is 0 Å². The van der Waals surface area contributed by atoms with Crippen LogP contribution in [-0.2, 0) is 14.3 Å². The average Bonchev–Trinajstić information content (AvgIpc) is 3.37. The van der Waals surface area contributed by atoms with Crippen LogP contribution in [0.15, 0.2) is 58.9 Å². The van der Waals surface area contributed by atoms with E-state index < -0.39 is 17.5 Å². The molecule has 1 N–H and O–H groups in total. The van der Waals surface area contributed by atoms with E-state index in [-0.39, 0.29) is 18.4 Å². The number of fused-ring (bicyclic) bond motifs is 1. The number of rotatable bonds is 7. The van der Waals surface area contributed by atoms with Crippen LogP contribution in [0, 0.1) is 0 Å². The first-order chi connectivity index (χ1) is 18.5. The Morgan fingerprint density at radius 1 is 1.15 bits per heavy atom. The number of likely N-dealkylation sites (tertiary alicyclic amines) is 1. The Bertz CT molecular complexity index is 1390. The highest BCUT2D eigenvalue weighted by Gasteiger charge is 2.29. The van der Waals surface area contributed by atoms with E-state index in [1.165, 1.54) is 17.4 Å². The van der Waals surface area contributed by atoms with Gasteiger partial charge in [-0.3, -0.25) is 14.6 Å². The molecule has 2 heterocycles. The van der Waals surface area contributed by atoms with Crippen LogP contribution in [0.25, 0.3) is 16.2 Å². The Hall–Kier alpha value is -2.87. The van der Waals surface area contributed by atoms with E-state index in [0.29, 0.717) is 47.4 Å². The molecule has 0 radical (unpaired) electrons. The Labute approximate surface area is 242 Å². The Morgan fingerprint density at radius 3 is 2.49 bits per heavy atom. The fraction of sp³-hybridized carbons (Fsp3) is 0.367. The van der Waals surface area contributed by atoms with E-state index in [9.17, 15) is 14.7 Å². The molecule has 206 valence electrons. The summed E-state index contributed by atoms with van der Waals surface area (Å²) in [5, 5.41) is 13.5. The van der Waals surface area contributed by atoms with Gasteiger partial charge in [-0.1, -0.05) is 53.5 Å². The van der Waals surface area contributed by atoms with E-state index in [0.717, 1.165) is 15.6 Å². The van der Waals surface area contributed by atoms with Crippen molar-refractivity contribution in [2.75, 3.05) is 13.1 Å². The third-order valence-corrected chi connectivity index (χ3v) is 8.37. The number of halogens is 2. The topological polar surface area (TPSA) is 79.2 Å². The summed E-state index contributed by atoms with van der Waals surface area (Å²) in [4.78, 5) is 31.4. The number of aliphatic carboxylic acids is 1. The molecule has 1 aliphatic heterocycles. The third kappa shape index (κ3) is 7.62. The molecule has 39 heavy (non-hydrogen) atoms. The van der Waals surface area contributed by atoms with Crippen LogP contribution in [0.3, 0.4) is 0 Å². The molecule has 9 heteroatoms. The van der Waals surface area contributed by atoms with E-state index in [1.54, 1.807) is 11.0 Å². The van der Waals surface area contributed by atoms with Crippen molar-refractivity contribution in [3.05, 3.63) is 75.1 Å². The highest BCUT2D eigenvalue weighted by atomic mass is 35.5. The molecule has 1 aromatic heterocycles. The minimum atomic E-state index is -0.916. The molecule has 1 saturated heterocycles. The predicted octanol–water partition coefficient (Wildman–Crippen LogP) is 7.68. The number of carbonyl (C=O) groups is 2. The quantitative estimate of drug-likeness (QED) is 0.175. The lowest BCUT2D eigenvalue weighted by atomic mass is 9.94. The SMILES string of the molecule is CC(C)(C)OC(=NC1CCN(C(=O)C=Cc2cc3ccsc3c(Cl)c2Cl)CC1)C(CC(=O)O)c1ccccc1. The molecule has 0 spiro atoms. The molecule has 6 nitrogen and oxygen atoms in total. The number of thiophene rings is 1. The second kappa shape index (κ2) is 12.5. The largest absolute Gasteiger partial charge is 0.481 e. The van der Waals surface area contributed by atoms with Gasteiger partial charge in [0.05, 0.1) is 33.1 Å². The van der Waals surface area contributed by atoms with E-state index >= 15 is 0 Å². The summed E-state index contributed by atoms with van der Waals surface area (Å²) < 4.78 is 7.17. The van der Waals surface area contributed by atoms with E-state index in [1.807, 2.05) is 68.6 Å².